The summed E-state index contributed by atoms with van der Waals surface area (Å²) in [6.45, 7) is 13.4. The zero-order valence-electron chi connectivity index (χ0n) is 31.1. The fraction of sp³-hybridized carbons (Fsp3) is 0.265. The fourth-order valence-electron chi connectivity index (χ4n) is 7.62. The van der Waals surface area contributed by atoms with E-state index in [9.17, 15) is 8.78 Å². The number of benzene rings is 6. The van der Waals surface area contributed by atoms with E-state index in [4.69, 9.17) is 0 Å². The summed E-state index contributed by atoms with van der Waals surface area (Å²) in [5.41, 5.74) is 20.3. The lowest BCUT2D eigenvalue weighted by Crippen LogP contribution is -1.98. The Hall–Kier alpha value is -4.82. The molecule has 0 saturated heterocycles. The molecule has 0 bridgehead atoms. The fourth-order valence-corrected chi connectivity index (χ4v) is 7.62. The molecule has 0 amide bonds. The molecule has 0 aliphatic heterocycles. The van der Waals surface area contributed by atoms with Crippen molar-refractivity contribution in [3.8, 4) is 44.5 Å². The highest BCUT2D eigenvalue weighted by atomic mass is 19.1. The third-order valence-electron chi connectivity index (χ3n) is 11.1. The number of aryl methyl sites for hydroxylation is 4. The van der Waals surface area contributed by atoms with Crippen LogP contribution in [0.1, 0.15) is 76.6 Å². The summed E-state index contributed by atoms with van der Waals surface area (Å²) in [5.74, 6) is -0.414. The Morgan fingerprint density at radius 1 is 0.333 bits per heavy atom. The molecule has 0 nitrogen and oxygen atoms in total. The first-order valence-electron chi connectivity index (χ1n) is 18.5. The minimum Gasteiger partial charge on any atom is -0.207 e. The number of unbranched alkanes of at least 4 members (excludes halogenated alkanes) is 4. The highest BCUT2D eigenvalue weighted by Gasteiger charge is 2.13. The van der Waals surface area contributed by atoms with Gasteiger partial charge in [0.15, 0.2) is 0 Å². The summed E-state index contributed by atoms with van der Waals surface area (Å²) < 4.78 is 26.8. The van der Waals surface area contributed by atoms with Gasteiger partial charge in [-0.25, -0.2) is 8.78 Å². The quantitative estimate of drug-likeness (QED) is 0.113. The van der Waals surface area contributed by atoms with Gasteiger partial charge in [0.05, 0.1) is 0 Å². The van der Waals surface area contributed by atoms with E-state index in [0.717, 1.165) is 35.1 Å². The van der Waals surface area contributed by atoms with Crippen LogP contribution >= 0.6 is 0 Å². The third-order valence-corrected chi connectivity index (χ3v) is 11.1. The molecule has 0 aromatic heterocycles. The summed E-state index contributed by atoms with van der Waals surface area (Å²) >= 11 is 0. The van der Waals surface area contributed by atoms with Crippen LogP contribution in [-0.4, -0.2) is 0 Å². The third kappa shape index (κ3) is 8.23. The van der Waals surface area contributed by atoms with Gasteiger partial charge in [0, 0.05) is 0 Å². The van der Waals surface area contributed by atoms with E-state index in [-0.39, 0.29) is 11.6 Å². The zero-order chi connectivity index (χ0) is 36.1. The van der Waals surface area contributed by atoms with Crippen molar-refractivity contribution in [1.29, 1.82) is 0 Å². The highest BCUT2D eigenvalue weighted by Crippen LogP contribution is 2.35. The van der Waals surface area contributed by atoms with Gasteiger partial charge >= 0.3 is 0 Å². The molecule has 0 heterocycles. The van der Waals surface area contributed by atoms with E-state index < -0.39 is 0 Å². The van der Waals surface area contributed by atoms with Crippen LogP contribution in [0.3, 0.4) is 0 Å². The maximum absolute atomic E-state index is 13.4. The Bertz CT molecular complexity index is 1980. The average molecular weight is 677 g/mol. The molecule has 6 aromatic carbocycles. The van der Waals surface area contributed by atoms with Crippen molar-refractivity contribution >= 4 is 0 Å². The maximum atomic E-state index is 13.4. The highest BCUT2D eigenvalue weighted by molar-refractivity contribution is 5.77. The standard InChI is InChI=1S/C49H50F2/c1-32-30-42(40-14-22-44(50)23-15-40)20-26-46(32)48-28-18-38(34(3)36(48)5)12-10-8-7-9-11-13-39-19-29-49(37(6)35(39)4)47-27-21-43(31-33(47)2)41-16-24-45(51)25-17-41/h14-31H,7-13H2,1-6H3. The van der Waals surface area contributed by atoms with Crippen molar-refractivity contribution in [1.82, 2.24) is 0 Å². The van der Waals surface area contributed by atoms with Gasteiger partial charge in [0.25, 0.3) is 0 Å². The van der Waals surface area contributed by atoms with Crippen molar-refractivity contribution in [2.75, 3.05) is 0 Å². The zero-order valence-corrected chi connectivity index (χ0v) is 31.1. The molecule has 51 heavy (non-hydrogen) atoms. The molecule has 6 aromatic rings. The average Bonchev–Trinajstić information content (AvgIpc) is 3.12. The molecule has 0 spiro atoms. The first-order valence-corrected chi connectivity index (χ1v) is 18.5. The lowest BCUT2D eigenvalue weighted by Gasteiger charge is -2.17. The maximum Gasteiger partial charge on any atom is 0.123 e. The molecule has 0 atom stereocenters. The van der Waals surface area contributed by atoms with Crippen molar-refractivity contribution < 1.29 is 8.78 Å². The van der Waals surface area contributed by atoms with E-state index in [1.54, 1.807) is 0 Å². The number of hydrogen-bond acceptors (Lipinski definition) is 0. The van der Waals surface area contributed by atoms with Gasteiger partial charge < -0.3 is 0 Å². The molecule has 0 fully saturated rings. The van der Waals surface area contributed by atoms with Gasteiger partial charge in [-0.3, -0.25) is 0 Å². The molecule has 6 rings (SSSR count). The second-order valence-corrected chi connectivity index (χ2v) is 14.4. The molecule has 2 heteroatoms. The monoisotopic (exact) mass is 676 g/mol. The largest absolute Gasteiger partial charge is 0.207 e. The van der Waals surface area contributed by atoms with E-state index >= 15 is 0 Å². The molecule has 0 aliphatic carbocycles. The van der Waals surface area contributed by atoms with E-state index in [0.29, 0.717) is 0 Å². The van der Waals surface area contributed by atoms with Crippen molar-refractivity contribution in [3.05, 3.63) is 165 Å². The predicted molar refractivity (Wildman–Crippen MR) is 213 cm³/mol. The molecule has 0 aliphatic rings. The molecular formula is C49H50F2. The minimum atomic E-state index is -0.207. The Kier molecular flexibility index (Phi) is 11.3. The summed E-state index contributed by atoms with van der Waals surface area (Å²) in [7, 11) is 0. The van der Waals surface area contributed by atoms with Crippen LogP contribution in [-0.2, 0) is 12.8 Å². The Morgan fingerprint density at radius 2 is 0.667 bits per heavy atom. The smallest absolute Gasteiger partial charge is 0.123 e. The van der Waals surface area contributed by atoms with Crippen LogP contribution in [0.25, 0.3) is 44.5 Å². The topological polar surface area (TPSA) is 0 Å². The van der Waals surface area contributed by atoms with Gasteiger partial charge in [0.2, 0.25) is 0 Å². The molecule has 0 unspecified atom stereocenters. The Labute approximate surface area is 304 Å². The lowest BCUT2D eigenvalue weighted by molar-refractivity contribution is 0.612. The SMILES string of the molecule is Cc1cc(-c2ccc(F)cc2)ccc1-c1ccc(CCCCCCCc2ccc(-c3ccc(-c4ccc(F)cc4)cc3C)c(C)c2C)c(C)c1C. The van der Waals surface area contributed by atoms with E-state index in [1.807, 2.05) is 24.3 Å². The van der Waals surface area contributed by atoms with Crippen LogP contribution in [0, 0.1) is 53.2 Å². The first-order chi connectivity index (χ1) is 24.6. The molecule has 0 saturated carbocycles. The molecule has 260 valence electrons. The van der Waals surface area contributed by atoms with Crippen molar-refractivity contribution in [3.63, 3.8) is 0 Å². The molecule has 0 N–H and O–H groups in total. The van der Waals surface area contributed by atoms with Crippen LogP contribution in [0.2, 0.25) is 0 Å². The van der Waals surface area contributed by atoms with Gasteiger partial charge in [-0.05, 0) is 181 Å². The second kappa shape index (κ2) is 16.0. The van der Waals surface area contributed by atoms with Crippen molar-refractivity contribution in [2.45, 2.75) is 86.5 Å². The summed E-state index contributed by atoms with van der Waals surface area (Å²) in [5, 5.41) is 0. The molecule has 0 radical (unpaired) electrons. The minimum absolute atomic E-state index is 0.207. The van der Waals surface area contributed by atoms with Gasteiger partial charge in [-0.1, -0.05) is 104 Å². The van der Waals surface area contributed by atoms with Crippen LogP contribution in [0.5, 0.6) is 0 Å². The van der Waals surface area contributed by atoms with E-state index in [2.05, 4.69) is 102 Å². The van der Waals surface area contributed by atoms with E-state index in [1.165, 1.54) is 123 Å². The van der Waals surface area contributed by atoms with Gasteiger partial charge in [-0.15, -0.1) is 0 Å². The normalized spacial score (nSPS) is 11.3. The Balaban J connectivity index is 0.989. The lowest BCUT2D eigenvalue weighted by atomic mass is 9.88. The summed E-state index contributed by atoms with van der Waals surface area (Å²) in [4.78, 5) is 0. The number of halogens is 2. The van der Waals surface area contributed by atoms with Crippen LogP contribution < -0.4 is 0 Å². The van der Waals surface area contributed by atoms with Crippen LogP contribution in [0.15, 0.2) is 109 Å². The van der Waals surface area contributed by atoms with Gasteiger partial charge in [-0.2, -0.15) is 0 Å². The van der Waals surface area contributed by atoms with Gasteiger partial charge in [0.1, 0.15) is 11.6 Å². The summed E-state index contributed by atoms with van der Waals surface area (Å²) in [6.07, 6.45) is 8.47. The number of hydrogen-bond donors (Lipinski definition) is 0. The Morgan fingerprint density at radius 3 is 1.04 bits per heavy atom. The molecular weight excluding hydrogens is 627 g/mol. The number of rotatable bonds is 12. The van der Waals surface area contributed by atoms with Crippen LogP contribution in [0.4, 0.5) is 8.78 Å². The summed E-state index contributed by atoms with van der Waals surface area (Å²) in [6, 6.07) is 35.9. The predicted octanol–water partition coefficient (Wildman–Crippen LogP) is 14.2. The van der Waals surface area contributed by atoms with Crippen molar-refractivity contribution in [2.24, 2.45) is 0 Å². The first kappa shape index (κ1) is 36.0. The second-order valence-electron chi connectivity index (χ2n) is 14.4.